The number of carbonyl (C=O) groups excluding carboxylic acids is 1. The third-order valence-corrected chi connectivity index (χ3v) is 5.91. The first-order chi connectivity index (χ1) is 12.0. The van der Waals surface area contributed by atoms with Gasteiger partial charge in [0.1, 0.15) is 0 Å². The molecule has 1 aliphatic rings. The van der Waals surface area contributed by atoms with Gasteiger partial charge in [-0.25, -0.2) is 4.98 Å². The van der Waals surface area contributed by atoms with Crippen molar-refractivity contribution >= 4 is 28.6 Å². The fourth-order valence-electron chi connectivity index (χ4n) is 3.65. The van der Waals surface area contributed by atoms with Crippen molar-refractivity contribution in [2.75, 3.05) is 5.75 Å². The summed E-state index contributed by atoms with van der Waals surface area (Å²) in [6, 6.07) is 7.94. The van der Waals surface area contributed by atoms with Crippen molar-refractivity contribution < 1.29 is 4.79 Å². The minimum Gasteiger partial charge on any atom is -0.337 e. The minimum atomic E-state index is -0.0391. The second-order valence-corrected chi connectivity index (χ2v) is 7.62. The van der Waals surface area contributed by atoms with Crippen LogP contribution in [0.2, 0.25) is 0 Å². The topological polar surface area (TPSA) is 55.2 Å². The van der Waals surface area contributed by atoms with Crippen LogP contribution in [0.25, 0.3) is 10.9 Å². The summed E-state index contributed by atoms with van der Waals surface area (Å²) >= 11 is 1.37. The molecular weight excluding hydrogens is 334 g/mol. The van der Waals surface area contributed by atoms with E-state index in [1.165, 1.54) is 18.2 Å². The van der Waals surface area contributed by atoms with Gasteiger partial charge in [0.25, 0.3) is 5.56 Å². The SMILES string of the molecule is CCn1c(SCC(=O)N2[C@H](C)CCC[C@H]2C)nc2ccccc2c1=O. The number of hydrogen-bond donors (Lipinski definition) is 0. The lowest BCUT2D eigenvalue weighted by Gasteiger charge is -2.39. The van der Waals surface area contributed by atoms with Crippen LogP contribution in [0.1, 0.15) is 40.0 Å². The molecule has 0 N–H and O–H groups in total. The molecule has 1 saturated heterocycles. The number of rotatable bonds is 4. The highest BCUT2D eigenvalue weighted by atomic mass is 32.2. The number of nitrogens with zero attached hydrogens (tertiary/aromatic N) is 3. The second-order valence-electron chi connectivity index (χ2n) is 6.68. The third-order valence-electron chi connectivity index (χ3n) is 4.95. The van der Waals surface area contributed by atoms with Crippen molar-refractivity contribution in [3.05, 3.63) is 34.6 Å². The van der Waals surface area contributed by atoms with Crippen LogP contribution < -0.4 is 5.56 Å². The molecule has 1 amide bonds. The molecular formula is C19H25N3O2S. The number of benzene rings is 1. The second kappa shape index (κ2) is 7.60. The Kier molecular flexibility index (Phi) is 5.47. The first-order valence-corrected chi connectivity index (χ1v) is 9.95. The minimum absolute atomic E-state index is 0.0391. The van der Waals surface area contributed by atoms with Gasteiger partial charge in [-0.1, -0.05) is 23.9 Å². The van der Waals surface area contributed by atoms with E-state index in [0.29, 0.717) is 28.4 Å². The molecule has 0 bridgehead atoms. The molecule has 6 heteroatoms. The zero-order valence-electron chi connectivity index (χ0n) is 15.1. The average molecular weight is 359 g/mol. The summed E-state index contributed by atoms with van der Waals surface area (Å²) in [5.41, 5.74) is 0.648. The molecule has 134 valence electrons. The van der Waals surface area contributed by atoms with E-state index in [4.69, 9.17) is 0 Å². The van der Waals surface area contributed by atoms with E-state index in [2.05, 4.69) is 18.8 Å². The summed E-state index contributed by atoms with van der Waals surface area (Å²) in [5.74, 6) is 0.453. The zero-order valence-corrected chi connectivity index (χ0v) is 15.9. The van der Waals surface area contributed by atoms with Crippen LogP contribution in [0.3, 0.4) is 0 Å². The van der Waals surface area contributed by atoms with Gasteiger partial charge in [-0.2, -0.15) is 0 Å². The predicted octanol–water partition coefficient (Wildman–Crippen LogP) is 3.30. The van der Waals surface area contributed by atoms with Crippen molar-refractivity contribution in [2.45, 2.75) is 63.8 Å². The molecule has 0 saturated carbocycles. The van der Waals surface area contributed by atoms with Crippen LogP contribution in [0, 0.1) is 0 Å². The van der Waals surface area contributed by atoms with E-state index >= 15 is 0 Å². The van der Waals surface area contributed by atoms with Crippen molar-refractivity contribution in [3.8, 4) is 0 Å². The van der Waals surface area contributed by atoms with Crippen LogP contribution >= 0.6 is 11.8 Å². The number of likely N-dealkylation sites (tertiary alicyclic amines) is 1. The lowest BCUT2D eigenvalue weighted by Crippen LogP contribution is -2.48. The molecule has 0 aliphatic carbocycles. The van der Waals surface area contributed by atoms with Gasteiger partial charge >= 0.3 is 0 Å². The highest BCUT2D eigenvalue weighted by molar-refractivity contribution is 7.99. The van der Waals surface area contributed by atoms with Gasteiger partial charge in [-0.15, -0.1) is 0 Å². The summed E-state index contributed by atoms with van der Waals surface area (Å²) in [7, 11) is 0. The van der Waals surface area contributed by atoms with E-state index in [1.807, 2.05) is 30.0 Å². The van der Waals surface area contributed by atoms with Crippen LogP contribution in [-0.2, 0) is 11.3 Å². The molecule has 0 spiro atoms. The Morgan fingerprint density at radius 3 is 2.60 bits per heavy atom. The van der Waals surface area contributed by atoms with Gasteiger partial charge in [-0.05, 0) is 52.2 Å². The highest BCUT2D eigenvalue weighted by Crippen LogP contribution is 2.25. The largest absolute Gasteiger partial charge is 0.337 e. The number of piperidine rings is 1. The van der Waals surface area contributed by atoms with Gasteiger partial charge in [0.05, 0.1) is 16.7 Å². The maximum atomic E-state index is 12.7. The Morgan fingerprint density at radius 1 is 1.24 bits per heavy atom. The molecule has 0 unspecified atom stereocenters. The lowest BCUT2D eigenvalue weighted by molar-refractivity contribution is -0.134. The summed E-state index contributed by atoms with van der Waals surface area (Å²) in [6.45, 7) is 6.71. The molecule has 1 fully saturated rings. The van der Waals surface area contributed by atoms with Crippen molar-refractivity contribution in [1.29, 1.82) is 0 Å². The Bertz CT molecular complexity index is 823. The van der Waals surface area contributed by atoms with E-state index in [0.717, 1.165) is 12.8 Å². The Hall–Kier alpha value is -1.82. The molecule has 0 radical (unpaired) electrons. The first kappa shape index (κ1) is 18.0. The average Bonchev–Trinajstić information content (AvgIpc) is 2.60. The summed E-state index contributed by atoms with van der Waals surface area (Å²) in [6.07, 6.45) is 3.31. The number of fused-ring (bicyclic) bond motifs is 1. The van der Waals surface area contributed by atoms with E-state index < -0.39 is 0 Å². The number of carbonyl (C=O) groups is 1. The molecule has 2 atom stereocenters. The van der Waals surface area contributed by atoms with Crippen molar-refractivity contribution in [2.24, 2.45) is 0 Å². The first-order valence-electron chi connectivity index (χ1n) is 8.96. The van der Waals surface area contributed by atoms with Crippen LogP contribution in [-0.4, -0.2) is 38.2 Å². The maximum absolute atomic E-state index is 12.7. The monoisotopic (exact) mass is 359 g/mol. The number of para-hydroxylation sites is 1. The number of aromatic nitrogens is 2. The molecule has 5 nitrogen and oxygen atoms in total. The molecule has 2 aromatic rings. The Morgan fingerprint density at radius 2 is 1.92 bits per heavy atom. The predicted molar refractivity (Wildman–Crippen MR) is 102 cm³/mol. The number of hydrogen-bond acceptors (Lipinski definition) is 4. The number of amides is 1. The lowest BCUT2D eigenvalue weighted by atomic mass is 9.98. The number of thioether (sulfide) groups is 1. The molecule has 1 aromatic heterocycles. The van der Waals surface area contributed by atoms with E-state index in [-0.39, 0.29) is 23.6 Å². The van der Waals surface area contributed by atoms with Crippen LogP contribution in [0.15, 0.2) is 34.2 Å². The molecule has 2 heterocycles. The Balaban J connectivity index is 1.83. The molecule has 1 aliphatic heterocycles. The smallest absolute Gasteiger partial charge is 0.262 e. The standard InChI is InChI=1S/C19H25N3O2S/c1-4-21-18(24)15-10-5-6-11-16(15)20-19(21)25-12-17(23)22-13(2)8-7-9-14(22)3/h5-6,10-11,13-14H,4,7-9,12H2,1-3H3/t13-,14-/m1/s1. The molecule has 1 aromatic carbocycles. The van der Waals surface area contributed by atoms with Gasteiger partial charge in [0.2, 0.25) is 5.91 Å². The Labute approximate surface area is 152 Å². The quantitative estimate of drug-likeness (QED) is 0.621. The van der Waals surface area contributed by atoms with Gasteiger partial charge in [0.15, 0.2) is 5.16 Å². The molecule has 3 rings (SSSR count). The summed E-state index contributed by atoms with van der Waals surface area (Å²) < 4.78 is 1.66. The van der Waals surface area contributed by atoms with Crippen molar-refractivity contribution in [3.63, 3.8) is 0 Å². The maximum Gasteiger partial charge on any atom is 0.262 e. The highest BCUT2D eigenvalue weighted by Gasteiger charge is 2.29. The third kappa shape index (κ3) is 3.59. The van der Waals surface area contributed by atoms with E-state index in [9.17, 15) is 9.59 Å². The summed E-state index contributed by atoms with van der Waals surface area (Å²) in [5, 5.41) is 1.25. The van der Waals surface area contributed by atoms with Gasteiger partial charge < -0.3 is 4.90 Å². The van der Waals surface area contributed by atoms with Crippen molar-refractivity contribution in [1.82, 2.24) is 14.5 Å². The van der Waals surface area contributed by atoms with E-state index in [1.54, 1.807) is 10.6 Å². The van der Waals surface area contributed by atoms with Gasteiger partial charge in [0, 0.05) is 18.6 Å². The van der Waals surface area contributed by atoms with Crippen LogP contribution in [0.5, 0.6) is 0 Å². The molecule has 25 heavy (non-hydrogen) atoms. The normalized spacial score (nSPS) is 20.8. The summed E-state index contributed by atoms with van der Waals surface area (Å²) in [4.78, 5) is 32.0. The fraction of sp³-hybridized carbons (Fsp3) is 0.526. The zero-order chi connectivity index (χ0) is 18.0. The van der Waals surface area contributed by atoms with Crippen LogP contribution in [0.4, 0.5) is 0 Å². The fourth-order valence-corrected chi connectivity index (χ4v) is 4.58. The van der Waals surface area contributed by atoms with Gasteiger partial charge in [-0.3, -0.25) is 14.2 Å².